The van der Waals surface area contributed by atoms with E-state index < -0.39 is 0 Å². The summed E-state index contributed by atoms with van der Waals surface area (Å²) in [6.07, 6.45) is 2.20. The lowest BCUT2D eigenvalue weighted by atomic mass is 10.2. The van der Waals surface area contributed by atoms with Crippen LogP contribution in [0.25, 0.3) is 10.9 Å². The fourth-order valence-electron chi connectivity index (χ4n) is 1.91. The molecule has 96 valence electrons. The highest BCUT2D eigenvalue weighted by Gasteiger charge is 2.13. The van der Waals surface area contributed by atoms with Crippen LogP contribution in [0.4, 0.5) is 0 Å². The third-order valence-corrected chi connectivity index (χ3v) is 2.86. The molecular weight excluding hydrogens is 230 g/mol. The number of aromatic amines is 1. The number of benzene rings is 1. The van der Waals surface area contributed by atoms with Crippen LogP contribution >= 0.6 is 0 Å². The van der Waals surface area contributed by atoms with Crippen molar-refractivity contribution < 1.29 is 14.6 Å². The molecule has 4 heteroatoms. The molecule has 2 aromatic rings. The van der Waals surface area contributed by atoms with Crippen LogP contribution in [0.1, 0.15) is 31.9 Å². The van der Waals surface area contributed by atoms with Gasteiger partial charge in [-0.15, -0.1) is 0 Å². The molecule has 0 aliphatic rings. The monoisotopic (exact) mass is 247 g/mol. The van der Waals surface area contributed by atoms with Gasteiger partial charge in [-0.25, -0.2) is 0 Å². The Labute approximate surface area is 106 Å². The van der Waals surface area contributed by atoms with E-state index in [2.05, 4.69) is 4.98 Å². The molecule has 0 bridgehead atoms. The van der Waals surface area contributed by atoms with Crippen molar-refractivity contribution in [2.24, 2.45) is 0 Å². The smallest absolute Gasteiger partial charge is 0.311 e. The van der Waals surface area contributed by atoms with E-state index in [1.807, 2.05) is 13.8 Å². The predicted octanol–water partition coefficient (Wildman–Crippen LogP) is 3.28. The number of H-pyrrole nitrogens is 1. The third kappa shape index (κ3) is 2.47. The van der Waals surface area contributed by atoms with Gasteiger partial charge in [0.25, 0.3) is 0 Å². The van der Waals surface area contributed by atoms with Gasteiger partial charge in [-0.1, -0.05) is 13.3 Å². The van der Waals surface area contributed by atoms with Crippen LogP contribution in [0, 0.1) is 6.92 Å². The molecule has 0 saturated heterocycles. The number of aromatic nitrogens is 1. The second-order valence-corrected chi connectivity index (χ2v) is 4.39. The molecular formula is C14H17NO3. The van der Waals surface area contributed by atoms with Crippen LogP contribution in [0.15, 0.2) is 18.2 Å². The molecule has 1 aromatic carbocycles. The highest BCUT2D eigenvalue weighted by Crippen LogP contribution is 2.32. The van der Waals surface area contributed by atoms with E-state index in [1.165, 1.54) is 0 Å². The number of hydrogen-bond acceptors (Lipinski definition) is 3. The minimum absolute atomic E-state index is 0.160. The normalized spacial score (nSPS) is 10.8. The van der Waals surface area contributed by atoms with Crippen molar-refractivity contribution in [1.82, 2.24) is 4.98 Å². The molecule has 0 atom stereocenters. The van der Waals surface area contributed by atoms with Crippen molar-refractivity contribution in [3.05, 3.63) is 23.9 Å². The molecule has 0 aliphatic carbocycles. The number of carbonyl (C=O) groups excluding carboxylic acids is 1. The number of phenols is 1. The molecule has 0 fully saturated rings. The first kappa shape index (κ1) is 12.5. The number of nitrogens with one attached hydrogen (secondary N) is 1. The average Bonchev–Trinajstić information content (AvgIpc) is 2.63. The van der Waals surface area contributed by atoms with Gasteiger partial charge < -0.3 is 14.8 Å². The van der Waals surface area contributed by atoms with Gasteiger partial charge in [0.15, 0.2) is 5.75 Å². The zero-order valence-corrected chi connectivity index (χ0v) is 10.6. The van der Waals surface area contributed by atoms with E-state index in [-0.39, 0.29) is 11.7 Å². The highest BCUT2D eigenvalue weighted by atomic mass is 16.5. The van der Waals surface area contributed by atoms with Crippen molar-refractivity contribution in [2.45, 2.75) is 33.1 Å². The molecule has 18 heavy (non-hydrogen) atoms. The first-order valence-electron chi connectivity index (χ1n) is 6.13. The maximum absolute atomic E-state index is 11.7. The van der Waals surface area contributed by atoms with Crippen LogP contribution in [0.2, 0.25) is 0 Å². The Kier molecular flexibility index (Phi) is 3.55. The van der Waals surface area contributed by atoms with Crippen molar-refractivity contribution in [3.63, 3.8) is 0 Å². The minimum Gasteiger partial charge on any atom is -0.508 e. The van der Waals surface area contributed by atoms with Crippen LogP contribution in [-0.4, -0.2) is 16.1 Å². The van der Waals surface area contributed by atoms with E-state index in [0.29, 0.717) is 12.2 Å². The number of aryl methyl sites for hydroxylation is 1. The summed E-state index contributed by atoms with van der Waals surface area (Å²) in [7, 11) is 0. The lowest BCUT2D eigenvalue weighted by Gasteiger charge is -2.04. The van der Waals surface area contributed by atoms with E-state index >= 15 is 0 Å². The summed E-state index contributed by atoms with van der Waals surface area (Å²) in [4.78, 5) is 14.8. The van der Waals surface area contributed by atoms with E-state index in [9.17, 15) is 9.90 Å². The summed E-state index contributed by atoms with van der Waals surface area (Å²) in [5.41, 5.74) is 1.64. The number of rotatable bonds is 4. The Balaban J connectivity index is 2.29. The van der Waals surface area contributed by atoms with E-state index in [4.69, 9.17) is 4.74 Å². The first-order chi connectivity index (χ1) is 8.61. The van der Waals surface area contributed by atoms with Gasteiger partial charge in [0.05, 0.1) is 5.69 Å². The van der Waals surface area contributed by atoms with Crippen LogP contribution in [0.5, 0.6) is 11.5 Å². The number of aromatic hydroxyl groups is 1. The summed E-state index contributed by atoms with van der Waals surface area (Å²) < 4.78 is 5.37. The summed E-state index contributed by atoms with van der Waals surface area (Å²) >= 11 is 0. The molecule has 1 aromatic heterocycles. The third-order valence-electron chi connectivity index (χ3n) is 2.86. The van der Waals surface area contributed by atoms with Gasteiger partial charge in [-0.2, -0.15) is 0 Å². The lowest BCUT2D eigenvalue weighted by molar-refractivity contribution is -0.134. The first-order valence-corrected chi connectivity index (χ1v) is 6.13. The number of ether oxygens (including phenoxy) is 1. The number of fused-ring (bicyclic) bond motifs is 1. The second kappa shape index (κ2) is 5.12. The summed E-state index contributed by atoms with van der Waals surface area (Å²) in [6, 6.07) is 4.96. The maximum atomic E-state index is 11.7. The zero-order chi connectivity index (χ0) is 13.1. The fourth-order valence-corrected chi connectivity index (χ4v) is 1.91. The molecule has 0 saturated carbocycles. The van der Waals surface area contributed by atoms with Gasteiger partial charge in [0.1, 0.15) is 5.75 Å². The topological polar surface area (TPSA) is 62.3 Å². The maximum Gasteiger partial charge on any atom is 0.311 e. The Bertz CT molecular complexity index is 572. The van der Waals surface area contributed by atoms with E-state index in [1.54, 1.807) is 18.2 Å². The highest BCUT2D eigenvalue weighted by molar-refractivity contribution is 5.91. The molecule has 2 rings (SSSR count). The number of esters is 1. The number of unbranched alkanes of at least 4 members (excludes halogenated alkanes) is 1. The largest absolute Gasteiger partial charge is 0.508 e. The SMILES string of the molecule is CCCCC(=O)Oc1c(C)[nH]c2ccc(O)cc12. The molecule has 2 N–H and O–H groups in total. The van der Waals surface area contributed by atoms with Crippen molar-refractivity contribution >= 4 is 16.9 Å². The summed E-state index contributed by atoms with van der Waals surface area (Å²) in [5, 5.41) is 10.2. The van der Waals surface area contributed by atoms with Gasteiger partial charge >= 0.3 is 5.97 Å². The minimum atomic E-state index is -0.232. The fraction of sp³-hybridized carbons (Fsp3) is 0.357. The summed E-state index contributed by atoms with van der Waals surface area (Å²) in [6.45, 7) is 3.88. The molecule has 4 nitrogen and oxygen atoms in total. The second-order valence-electron chi connectivity index (χ2n) is 4.39. The molecule has 0 aliphatic heterocycles. The van der Waals surface area contributed by atoms with Gasteiger partial charge in [0.2, 0.25) is 0 Å². The summed E-state index contributed by atoms with van der Waals surface area (Å²) in [5.74, 6) is 0.443. The molecule has 0 radical (unpaired) electrons. The predicted molar refractivity (Wildman–Crippen MR) is 69.9 cm³/mol. The van der Waals surface area contributed by atoms with Crippen molar-refractivity contribution in [3.8, 4) is 11.5 Å². The van der Waals surface area contributed by atoms with Crippen LogP contribution in [0.3, 0.4) is 0 Å². The number of carbonyl (C=O) groups is 1. The molecule has 0 spiro atoms. The molecule has 1 heterocycles. The molecule has 0 amide bonds. The number of hydrogen-bond donors (Lipinski definition) is 2. The standard InChI is InChI=1S/C14H17NO3/c1-3-4-5-13(17)18-14-9(2)15-12-7-6-10(16)8-11(12)14/h6-8,15-16H,3-5H2,1-2H3. The Morgan fingerprint density at radius 2 is 2.22 bits per heavy atom. The Morgan fingerprint density at radius 3 is 2.94 bits per heavy atom. The zero-order valence-electron chi connectivity index (χ0n) is 10.6. The quantitative estimate of drug-likeness (QED) is 0.815. The Hall–Kier alpha value is -1.97. The van der Waals surface area contributed by atoms with Crippen LogP contribution < -0.4 is 4.74 Å². The van der Waals surface area contributed by atoms with Gasteiger partial charge in [-0.05, 0) is 31.5 Å². The van der Waals surface area contributed by atoms with E-state index in [0.717, 1.165) is 29.4 Å². The van der Waals surface area contributed by atoms with Gasteiger partial charge in [-0.3, -0.25) is 4.79 Å². The Morgan fingerprint density at radius 1 is 1.44 bits per heavy atom. The average molecular weight is 247 g/mol. The van der Waals surface area contributed by atoms with Gasteiger partial charge in [0, 0.05) is 17.3 Å². The molecule has 0 unspecified atom stereocenters. The number of phenolic OH excluding ortho intramolecular Hbond substituents is 1. The van der Waals surface area contributed by atoms with Crippen molar-refractivity contribution in [1.29, 1.82) is 0 Å². The van der Waals surface area contributed by atoms with Crippen LogP contribution in [-0.2, 0) is 4.79 Å². The van der Waals surface area contributed by atoms with Crippen molar-refractivity contribution in [2.75, 3.05) is 0 Å². The lowest BCUT2D eigenvalue weighted by Crippen LogP contribution is -2.07.